The minimum Gasteiger partial charge on any atom is -0.462 e. The van der Waals surface area contributed by atoms with E-state index in [1.165, 1.54) is 161 Å². The lowest BCUT2D eigenvalue weighted by molar-refractivity contribution is -0.161. The van der Waals surface area contributed by atoms with Gasteiger partial charge in [-0.3, -0.25) is 37.3 Å². The fourth-order valence-corrected chi connectivity index (χ4v) is 12.3. The normalized spacial score (nSPS) is 14.1. The van der Waals surface area contributed by atoms with Crippen molar-refractivity contribution < 1.29 is 80.2 Å². The Bertz CT molecular complexity index is 1750. The molecule has 5 atom stereocenters. The molecule has 0 amide bonds. The molecule has 0 saturated heterocycles. The molecule has 0 saturated carbocycles. The molecule has 0 rings (SSSR count). The van der Waals surface area contributed by atoms with Gasteiger partial charge in [-0.05, 0) is 37.5 Å². The Morgan fingerprint density at radius 2 is 0.511 bits per heavy atom. The molecule has 19 heteroatoms. The van der Waals surface area contributed by atoms with Crippen molar-refractivity contribution in [3.8, 4) is 0 Å². The largest absolute Gasteiger partial charge is 0.472 e. The summed E-state index contributed by atoms with van der Waals surface area (Å²) >= 11 is 0. The number of carbonyl (C=O) groups is 4. The Hall–Kier alpha value is -1.94. The fraction of sp³-hybridized carbons (Fsp3) is 0.944. The third-order valence-electron chi connectivity index (χ3n) is 16.5. The molecule has 0 radical (unpaired) electrons. The Balaban J connectivity index is 5.13. The van der Waals surface area contributed by atoms with E-state index in [1.54, 1.807) is 0 Å². The molecule has 90 heavy (non-hydrogen) atoms. The van der Waals surface area contributed by atoms with E-state index in [4.69, 9.17) is 37.0 Å². The van der Waals surface area contributed by atoms with Crippen LogP contribution < -0.4 is 0 Å². The van der Waals surface area contributed by atoms with E-state index in [9.17, 15) is 43.2 Å². The number of esters is 4. The van der Waals surface area contributed by atoms with Crippen LogP contribution in [0.1, 0.15) is 363 Å². The van der Waals surface area contributed by atoms with Gasteiger partial charge in [-0.25, -0.2) is 9.13 Å². The van der Waals surface area contributed by atoms with Crippen molar-refractivity contribution in [3.63, 3.8) is 0 Å². The van der Waals surface area contributed by atoms with Gasteiger partial charge in [0, 0.05) is 25.7 Å². The highest BCUT2D eigenvalue weighted by molar-refractivity contribution is 7.47. The quantitative estimate of drug-likeness (QED) is 0.0222. The second-order valence-corrected chi connectivity index (χ2v) is 29.5. The predicted molar refractivity (Wildman–Crippen MR) is 363 cm³/mol. The summed E-state index contributed by atoms with van der Waals surface area (Å²) in [6.45, 7) is 9.52. The van der Waals surface area contributed by atoms with Gasteiger partial charge in [-0.2, -0.15) is 0 Å². The highest BCUT2D eigenvalue weighted by atomic mass is 31.2. The van der Waals surface area contributed by atoms with Gasteiger partial charge in [0.2, 0.25) is 0 Å². The van der Waals surface area contributed by atoms with Crippen LogP contribution in [0.2, 0.25) is 0 Å². The monoisotopic (exact) mass is 1320 g/mol. The van der Waals surface area contributed by atoms with E-state index in [0.717, 1.165) is 121 Å². The summed E-state index contributed by atoms with van der Waals surface area (Å²) in [5.41, 5.74) is 0. The molecular formula is C71H138O17P2. The standard InChI is InChI=1S/C71H138O17P2/c1-7-9-11-13-15-36-43-49-55-70(75)87-66(59-81-68(73)53-47-41-33-14-12-10-8-2)61-85-89(77,78)83-57-65(72)58-84-90(79,80)86-62-67(60-82-69(74)54-48-42-37-31-28-24-26-30-35-40-46-52-64(5)6)88-71(76)56-50-44-38-32-27-23-21-19-17-16-18-20-22-25-29-34-39-45-51-63(3)4/h63-67,72H,7-62H2,1-6H3,(H,77,78)(H,79,80)/t65-,66+,67+/m0/s1. The minimum atomic E-state index is -4.95. The lowest BCUT2D eigenvalue weighted by Crippen LogP contribution is -2.30. The molecule has 534 valence electrons. The van der Waals surface area contributed by atoms with Crippen LogP contribution in [0.5, 0.6) is 0 Å². The molecule has 0 aliphatic carbocycles. The second-order valence-electron chi connectivity index (χ2n) is 26.6. The summed E-state index contributed by atoms with van der Waals surface area (Å²) in [7, 11) is -9.89. The molecule has 3 N–H and O–H groups in total. The molecule has 0 heterocycles. The zero-order valence-corrected chi connectivity index (χ0v) is 60.2. The number of rotatable bonds is 70. The Morgan fingerprint density at radius 1 is 0.300 bits per heavy atom. The van der Waals surface area contributed by atoms with Crippen LogP contribution in [-0.4, -0.2) is 96.7 Å². The summed E-state index contributed by atoms with van der Waals surface area (Å²) in [4.78, 5) is 72.3. The lowest BCUT2D eigenvalue weighted by Gasteiger charge is -2.21. The van der Waals surface area contributed by atoms with Gasteiger partial charge in [-0.15, -0.1) is 0 Å². The Morgan fingerprint density at radius 3 is 0.756 bits per heavy atom. The van der Waals surface area contributed by atoms with E-state index in [1.807, 2.05) is 0 Å². The average Bonchev–Trinajstić information content (AvgIpc) is 3.72. The van der Waals surface area contributed by atoms with Gasteiger partial charge in [0.25, 0.3) is 0 Å². The smallest absolute Gasteiger partial charge is 0.462 e. The van der Waals surface area contributed by atoms with Crippen molar-refractivity contribution in [3.05, 3.63) is 0 Å². The van der Waals surface area contributed by atoms with E-state index in [-0.39, 0.29) is 25.7 Å². The topological polar surface area (TPSA) is 237 Å². The molecule has 0 spiro atoms. The number of unbranched alkanes of at least 4 members (excludes halogenated alkanes) is 40. The average molecular weight is 1330 g/mol. The Kier molecular flexibility index (Phi) is 61.8. The third-order valence-corrected chi connectivity index (χ3v) is 18.4. The summed E-state index contributed by atoms with van der Waals surface area (Å²) in [6.07, 6.45) is 48.9. The maximum Gasteiger partial charge on any atom is 0.472 e. The van der Waals surface area contributed by atoms with Crippen LogP contribution in [0, 0.1) is 11.8 Å². The third kappa shape index (κ3) is 64.8. The van der Waals surface area contributed by atoms with Gasteiger partial charge >= 0.3 is 39.5 Å². The molecule has 0 bridgehead atoms. The molecule has 0 aromatic heterocycles. The summed E-state index contributed by atoms with van der Waals surface area (Å²) in [5.74, 6) is -0.539. The van der Waals surface area contributed by atoms with Crippen molar-refractivity contribution in [2.75, 3.05) is 39.6 Å². The first kappa shape index (κ1) is 88.1. The van der Waals surface area contributed by atoms with Crippen molar-refractivity contribution in [2.45, 2.75) is 381 Å². The molecule has 0 aliphatic rings. The molecule has 0 fully saturated rings. The zero-order chi connectivity index (χ0) is 66.5. The number of hydrogen-bond donors (Lipinski definition) is 3. The van der Waals surface area contributed by atoms with E-state index in [2.05, 4.69) is 41.5 Å². The number of aliphatic hydroxyl groups is 1. The first-order valence-electron chi connectivity index (χ1n) is 37.0. The molecule has 2 unspecified atom stereocenters. The Labute approximate surface area is 549 Å². The summed E-state index contributed by atoms with van der Waals surface area (Å²) in [6, 6.07) is 0. The second kappa shape index (κ2) is 63.1. The molecule has 0 aliphatic heterocycles. The van der Waals surface area contributed by atoms with Crippen molar-refractivity contribution >= 4 is 39.5 Å². The number of hydrogen-bond acceptors (Lipinski definition) is 15. The molecule has 0 aromatic rings. The van der Waals surface area contributed by atoms with Crippen LogP contribution in [0.15, 0.2) is 0 Å². The van der Waals surface area contributed by atoms with Gasteiger partial charge in [-0.1, -0.05) is 311 Å². The van der Waals surface area contributed by atoms with Crippen molar-refractivity contribution in [2.24, 2.45) is 11.8 Å². The van der Waals surface area contributed by atoms with Gasteiger partial charge in [0.05, 0.1) is 26.4 Å². The first-order valence-corrected chi connectivity index (χ1v) is 40.0. The maximum absolute atomic E-state index is 13.0. The van der Waals surface area contributed by atoms with Crippen LogP contribution in [0.3, 0.4) is 0 Å². The van der Waals surface area contributed by atoms with E-state index in [0.29, 0.717) is 25.7 Å². The van der Waals surface area contributed by atoms with Gasteiger partial charge in [0.15, 0.2) is 12.2 Å². The van der Waals surface area contributed by atoms with Crippen LogP contribution in [0.25, 0.3) is 0 Å². The molecule has 17 nitrogen and oxygen atoms in total. The van der Waals surface area contributed by atoms with Crippen LogP contribution in [0.4, 0.5) is 0 Å². The SMILES string of the molecule is CCCCCCCCCCC(=O)O[C@H](COC(=O)CCCCCCCCC)COP(=O)(O)OC[C@H](O)COP(=O)(O)OC[C@@H](COC(=O)CCCCCCCCCCCCCC(C)C)OC(=O)CCCCCCCCCCCCCCCCCCCCC(C)C. The minimum absolute atomic E-state index is 0.105. The summed E-state index contributed by atoms with van der Waals surface area (Å²) in [5, 5.41) is 10.6. The van der Waals surface area contributed by atoms with Crippen LogP contribution in [-0.2, 0) is 65.4 Å². The number of carbonyl (C=O) groups excluding carboxylic acids is 4. The summed E-state index contributed by atoms with van der Waals surface area (Å²) < 4.78 is 68.1. The van der Waals surface area contributed by atoms with E-state index >= 15 is 0 Å². The highest BCUT2D eigenvalue weighted by Gasteiger charge is 2.30. The van der Waals surface area contributed by atoms with E-state index < -0.39 is 97.5 Å². The maximum atomic E-state index is 13.0. The number of ether oxygens (including phenoxy) is 4. The molecule has 0 aromatic carbocycles. The highest BCUT2D eigenvalue weighted by Crippen LogP contribution is 2.45. The number of phosphoric ester groups is 2. The van der Waals surface area contributed by atoms with Crippen molar-refractivity contribution in [1.29, 1.82) is 0 Å². The first-order chi connectivity index (χ1) is 43.4. The van der Waals surface area contributed by atoms with Crippen LogP contribution >= 0.6 is 15.6 Å². The fourth-order valence-electron chi connectivity index (χ4n) is 10.8. The zero-order valence-electron chi connectivity index (χ0n) is 58.4. The number of aliphatic hydroxyl groups excluding tert-OH is 1. The van der Waals surface area contributed by atoms with Gasteiger partial charge in [0.1, 0.15) is 19.3 Å². The van der Waals surface area contributed by atoms with Crippen molar-refractivity contribution in [1.82, 2.24) is 0 Å². The lowest BCUT2D eigenvalue weighted by atomic mass is 10.0. The van der Waals surface area contributed by atoms with Gasteiger partial charge < -0.3 is 33.8 Å². The number of phosphoric acid groups is 2. The molecular weight excluding hydrogens is 1190 g/mol. The predicted octanol–water partition coefficient (Wildman–Crippen LogP) is 20.4.